The lowest BCUT2D eigenvalue weighted by Crippen LogP contribution is -2.42. The first-order valence-corrected chi connectivity index (χ1v) is 6.11. The molecule has 0 bridgehead atoms. The normalized spacial score (nSPS) is 23.1. The van der Waals surface area contributed by atoms with Gasteiger partial charge in [0.25, 0.3) is 0 Å². The lowest BCUT2D eigenvalue weighted by atomic mass is 9.80. The summed E-state index contributed by atoms with van der Waals surface area (Å²) in [4.78, 5) is 12.0. The van der Waals surface area contributed by atoms with Crippen LogP contribution in [0.4, 0.5) is 5.69 Å². The van der Waals surface area contributed by atoms with E-state index in [4.69, 9.17) is 5.73 Å². The molecule has 0 unspecified atom stereocenters. The Hall–Kier alpha value is -1.35. The molecule has 92 valence electrons. The summed E-state index contributed by atoms with van der Waals surface area (Å²) in [5.41, 5.74) is 10.1. The number of benzene rings is 1. The molecule has 0 atom stereocenters. The van der Waals surface area contributed by atoms with Crippen molar-refractivity contribution in [1.82, 2.24) is 0 Å². The molecule has 3 nitrogen and oxygen atoms in total. The monoisotopic (exact) mass is 232 g/mol. The van der Waals surface area contributed by atoms with Crippen LogP contribution in [-0.4, -0.2) is 11.9 Å². The van der Waals surface area contributed by atoms with E-state index >= 15 is 0 Å². The lowest BCUT2D eigenvalue weighted by molar-refractivity contribution is -0.122. The fraction of sp³-hybridized carbons (Fsp3) is 0.500. The Kier molecular flexibility index (Phi) is 3.20. The van der Waals surface area contributed by atoms with Gasteiger partial charge in [-0.2, -0.15) is 0 Å². The van der Waals surface area contributed by atoms with Gasteiger partial charge in [0, 0.05) is 17.6 Å². The standard InChI is InChI=1S/C14H20N2O/c1-8-4-9(2)13(10(3)5-8)16-14(17)11-6-12(15)7-11/h4-5,11-12H,6-7,15H2,1-3H3,(H,16,17). The highest BCUT2D eigenvalue weighted by atomic mass is 16.1. The summed E-state index contributed by atoms with van der Waals surface area (Å²) in [5.74, 6) is 0.215. The Bertz CT molecular complexity index is 425. The van der Waals surface area contributed by atoms with Gasteiger partial charge < -0.3 is 11.1 Å². The van der Waals surface area contributed by atoms with Crippen LogP contribution in [0.15, 0.2) is 12.1 Å². The molecular weight excluding hydrogens is 212 g/mol. The minimum absolute atomic E-state index is 0.102. The van der Waals surface area contributed by atoms with Gasteiger partial charge in [0.2, 0.25) is 5.91 Å². The van der Waals surface area contributed by atoms with Crippen molar-refractivity contribution in [2.24, 2.45) is 11.7 Å². The molecule has 2 rings (SSSR count). The van der Waals surface area contributed by atoms with Crippen molar-refractivity contribution in [3.05, 3.63) is 28.8 Å². The topological polar surface area (TPSA) is 55.1 Å². The summed E-state index contributed by atoms with van der Waals surface area (Å²) < 4.78 is 0. The number of carbonyl (C=O) groups is 1. The largest absolute Gasteiger partial charge is 0.328 e. The highest BCUT2D eigenvalue weighted by Gasteiger charge is 2.32. The summed E-state index contributed by atoms with van der Waals surface area (Å²) >= 11 is 0. The van der Waals surface area contributed by atoms with Gasteiger partial charge in [-0.05, 0) is 44.7 Å². The molecule has 0 radical (unpaired) electrons. The average Bonchev–Trinajstić information content (AvgIpc) is 2.18. The zero-order valence-corrected chi connectivity index (χ0v) is 10.7. The van der Waals surface area contributed by atoms with Crippen molar-refractivity contribution >= 4 is 11.6 Å². The zero-order valence-electron chi connectivity index (χ0n) is 10.7. The molecule has 0 saturated heterocycles. The molecule has 1 aromatic carbocycles. The molecule has 1 aliphatic rings. The van der Waals surface area contributed by atoms with E-state index in [1.165, 1.54) is 5.56 Å². The van der Waals surface area contributed by atoms with Gasteiger partial charge in [0.05, 0.1) is 0 Å². The van der Waals surface area contributed by atoms with Gasteiger partial charge in [-0.25, -0.2) is 0 Å². The number of aryl methyl sites for hydroxylation is 3. The highest BCUT2D eigenvalue weighted by Crippen LogP contribution is 2.29. The minimum atomic E-state index is 0.102. The number of carbonyl (C=O) groups excluding carboxylic acids is 1. The number of amides is 1. The van der Waals surface area contributed by atoms with E-state index in [2.05, 4.69) is 24.4 Å². The summed E-state index contributed by atoms with van der Waals surface area (Å²) in [6, 6.07) is 4.40. The van der Waals surface area contributed by atoms with Crippen molar-refractivity contribution < 1.29 is 4.79 Å². The number of hydrogen-bond donors (Lipinski definition) is 2. The van der Waals surface area contributed by atoms with Crippen LogP contribution in [0, 0.1) is 26.7 Å². The number of anilines is 1. The van der Waals surface area contributed by atoms with Gasteiger partial charge in [-0.1, -0.05) is 17.7 Å². The minimum Gasteiger partial charge on any atom is -0.328 e. The Morgan fingerprint density at radius 1 is 1.24 bits per heavy atom. The lowest BCUT2D eigenvalue weighted by Gasteiger charge is -2.31. The summed E-state index contributed by atoms with van der Waals surface area (Å²) in [5, 5.41) is 3.03. The predicted octanol–water partition coefficient (Wildman–Crippen LogP) is 2.29. The Morgan fingerprint density at radius 3 is 2.24 bits per heavy atom. The maximum absolute atomic E-state index is 12.0. The molecule has 1 fully saturated rings. The fourth-order valence-corrected chi connectivity index (χ4v) is 2.48. The molecule has 3 N–H and O–H groups in total. The zero-order chi connectivity index (χ0) is 12.6. The molecule has 1 amide bonds. The second-order valence-electron chi connectivity index (χ2n) is 5.19. The first-order chi connectivity index (χ1) is 7.97. The second kappa shape index (κ2) is 4.49. The Balaban J connectivity index is 2.11. The molecule has 0 spiro atoms. The van der Waals surface area contributed by atoms with Gasteiger partial charge in [-0.15, -0.1) is 0 Å². The van der Waals surface area contributed by atoms with E-state index in [0.717, 1.165) is 29.7 Å². The van der Waals surface area contributed by atoms with Crippen molar-refractivity contribution in [3.63, 3.8) is 0 Å². The van der Waals surface area contributed by atoms with Crippen LogP contribution in [0.1, 0.15) is 29.5 Å². The van der Waals surface area contributed by atoms with E-state index in [-0.39, 0.29) is 17.9 Å². The van der Waals surface area contributed by atoms with E-state index in [1.54, 1.807) is 0 Å². The highest BCUT2D eigenvalue weighted by molar-refractivity contribution is 5.94. The predicted molar refractivity (Wildman–Crippen MR) is 70.0 cm³/mol. The van der Waals surface area contributed by atoms with Gasteiger partial charge in [-0.3, -0.25) is 4.79 Å². The number of hydrogen-bond acceptors (Lipinski definition) is 2. The van der Waals surface area contributed by atoms with E-state index in [1.807, 2.05) is 13.8 Å². The number of nitrogens with two attached hydrogens (primary N) is 1. The van der Waals surface area contributed by atoms with Crippen LogP contribution in [0.2, 0.25) is 0 Å². The van der Waals surface area contributed by atoms with Gasteiger partial charge >= 0.3 is 0 Å². The van der Waals surface area contributed by atoms with Crippen LogP contribution in [-0.2, 0) is 4.79 Å². The maximum Gasteiger partial charge on any atom is 0.227 e. The molecule has 1 aromatic rings. The fourth-order valence-electron chi connectivity index (χ4n) is 2.48. The maximum atomic E-state index is 12.0. The third kappa shape index (κ3) is 2.50. The smallest absolute Gasteiger partial charge is 0.227 e. The van der Waals surface area contributed by atoms with Crippen molar-refractivity contribution in [3.8, 4) is 0 Å². The first kappa shape index (κ1) is 12.1. The van der Waals surface area contributed by atoms with Crippen LogP contribution in [0.25, 0.3) is 0 Å². The van der Waals surface area contributed by atoms with Gasteiger partial charge in [0.15, 0.2) is 0 Å². The van der Waals surface area contributed by atoms with Gasteiger partial charge in [0.1, 0.15) is 0 Å². The quantitative estimate of drug-likeness (QED) is 0.822. The van der Waals surface area contributed by atoms with Crippen molar-refractivity contribution in [2.75, 3.05) is 5.32 Å². The van der Waals surface area contributed by atoms with Crippen LogP contribution < -0.4 is 11.1 Å². The van der Waals surface area contributed by atoms with E-state index in [0.29, 0.717) is 0 Å². The molecular formula is C14H20N2O. The van der Waals surface area contributed by atoms with Crippen molar-refractivity contribution in [1.29, 1.82) is 0 Å². The first-order valence-electron chi connectivity index (χ1n) is 6.11. The molecule has 0 aliphatic heterocycles. The van der Waals surface area contributed by atoms with Crippen LogP contribution in [0.5, 0.6) is 0 Å². The Labute approximate surface area is 102 Å². The van der Waals surface area contributed by atoms with Crippen LogP contribution in [0.3, 0.4) is 0 Å². The van der Waals surface area contributed by atoms with E-state index < -0.39 is 0 Å². The molecule has 1 aliphatic carbocycles. The summed E-state index contributed by atoms with van der Waals surface area (Å²) in [6.45, 7) is 6.13. The molecule has 0 aromatic heterocycles. The van der Waals surface area contributed by atoms with Crippen LogP contribution >= 0.6 is 0 Å². The third-order valence-electron chi connectivity index (χ3n) is 3.47. The molecule has 0 heterocycles. The molecule has 3 heteroatoms. The second-order valence-corrected chi connectivity index (χ2v) is 5.19. The Morgan fingerprint density at radius 2 is 1.76 bits per heavy atom. The molecule has 17 heavy (non-hydrogen) atoms. The number of nitrogens with one attached hydrogen (secondary N) is 1. The summed E-state index contributed by atoms with van der Waals surface area (Å²) in [7, 11) is 0. The van der Waals surface area contributed by atoms with Crippen molar-refractivity contribution in [2.45, 2.75) is 39.7 Å². The summed E-state index contributed by atoms with van der Waals surface area (Å²) in [6.07, 6.45) is 1.63. The van der Waals surface area contributed by atoms with E-state index in [9.17, 15) is 4.79 Å². The average molecular weight is 232 g/mol. The SMILES string of the molecule is Cc1cc(C)c(NC(=O)C2CC(N)C2)c(C)c1. The molecule has 1 saturated carbocycles. The third-order valence-corrected chi connectivity index (χ3v) is 3.47. The number of rotatable bonds is 2.